The summed E-state index contributed by atoms with van der Waals surface area (Å²) in [5, 5.41) is 6.95. The van der Waals surface area contributed by atoms with Gasteiger partial charge >= 0.3 is 0 Å². The summed E-state index contributed by atoms with van der Waals surface area (Å²) in [6.07, 6.45) is 0. The van der Waals surface area contributed by atoms with Gasteiger partial charge in [0.1, 0.15) is 0 Å². The van der Waals surface area contributed by atoms with Crippen molar-refractivity contribution in [3.8, 4) is 0 Å². The van der Waals surface area contributed by atoms with Crippen LogP contribution < -0.4 is 10.6 Å². The van der Waals surface area contributed by atoms with Crippen LogP contribution in [0.5, 0.6) is 0 Å². The number of thiophene rings is 1. The second-order valence-electron chi connectivity index (χ2n) is 4.50. The van der Waals surface area contributed by atoms with E-state index in [1.165, 1.54) is 16.1 Å². The van der Waals surface area contributed by atoms with E-state index < -0.39 is 0 Å². The summed E-state index contributed by atoms with van der Waals surface area (Å²) >= 11 is 7.56. The van der Waals surface area contributed by atoms with Gasteiger partial charge in [-0.25, -0.2) is 0 Å². The van der Waals surface area contributed by atoms with Gasteiger partial charge in [0.05, 0.1) is 4.34 Å². The van der Waals surface area contributed by atoms with Gasteiger partial charge in [-0.1, -0.05) is 29.8 Å². The van der Waals surface area contributed by atoms with Crippen LogP contribution in [-0.2, 0) is 6.54 Å². The Balaban J connectivity index is 1.56. The molecule has 1 aliphatic heterocycles. The van der Waals surface area contributed by atoms with Gasteiger partial charge in [0, 0.05) is 36.1 Å². The van der Waals surface area contributed by atoms with Crippen molar-refractivity contribution in [3.63, 3.8) is 0 Å². The van der Waals surface area contributed by atoms with Crippen molar-refractivity contribution in [2.75, 3.05) is 18.4 Å². The fourth-order valence-corrected chi connectivity index (χ4v) is 3.41. The molecule has 0 spiro atoms. The van der Waals surface area contributed by atoms with Crippen LogP contribution in [0.1, 0.15) is 16.4 Å². The van der Waals surface area contributed by atoms with Crippen LogP contribution in [0.2, 0.25) is 4.34 Å². The molecule has 2 nitrogen and oxygen atoms in total. The van der Waals surface area contributed by atoms with E-state index in [2.05, 4.69) is 41.0 Å². The summed E-state index contributed by atoms with van der Waals surface area (Å²) in [5.41, 5.74) is 2.71. The van der Waals surface area contributed by atoms with E-state index in [-0.39, 0.29) is 0 Å². The van der Waals surface area contributed by atoms with Crippen molar-refractivity contribution in [2.45, 2.75) is 12.5 Å². The van der Waals surface area contributed by atoms with Crippen LogP contribution in [0.3, 0.4) is 0 Å². The summed E-state index contributed by atoms with van der Waals surface area (Å²) in [4.78, 5) is 1.29. The van der Waals surface area contributed by atoms with Crippen molar-refractivity contribution in [3.05, 3.63) is 51.2 Å². The highest BCUT2D eigenvalue weighted by Gasteiger charge is 2.20. The third kappa shape index (κ3) is 2.53. The Hall–Kier alpha value is -1.03. The average Bonchev–Trinajstić information content (AvgIpc) is 2.97. The number of fused-ring (bicyclic) bond motifs is 1. The second kappa shape index (κ2) is 5.31. The van der Waals surface area contributed by atoms with Gasteiger partial charge < -0.3 is 10.6 Å². The van der Waals surface area contributed by atoms with E-state index in [0.717, 1.165) is 24.0 Å². The van der Waals surface area contributed by atoms with Crippen LogP contribution in [0.25, 0.3) is 0 Å². The molecule has 2 aromatic rings. The lowest BCUT2D eigenvalue weighted by Crippen LogP contribution is -2.21. The summed E-state index contributed by atoms with van der Waals surface area (Å²) in [7, 11) is 0. The molecule has 18 heavy (non-hydrogen) atoms. The first kappa shape index (κ1) is 12.0. The summed E-state index contributed by atoms with van der Waals surface area (Å²) < 4.78 is 0.861. The van der Waals surface area contributed by atoms with Gasteiger partial charge in [-0.05, 0) is 23.8 Å². The molecular weight excluding hydrogens is 264 g/mol. The van der Waals surface area contributed by atoms with Crippen LogP contribution in [0.15, 0.2) is 36.4 Å². The van der Waals surface area contributed by atoms with Crippen LogP contribution in [0, 0.1) is 0 Å². The zero-order chi connectivity index (χ0) is 12.4. The monoisotopic (exact) mass is 278 g/mol. The number of anilines is 1. The third-order valence-corrected chi connectivity index (χ3v) is 4.49. The topological polar surface area (TPSA) is 24.1 Å². The molecule has 1 aromatic carbocycles. The van der Waals surface area contributed by atoms with Gasteiger partial charge in [-0.3, -0.25) is 0 Å². The van der Waals surface area contributed by atoms with E-state index in [9.17, 15) is 0 Å². The predicted octanol–water partition coefficient (Wildman–Crippen LogP) is 3.70. The van der Waals surface area contributed by atoms with Crippen molar-refractivity contribution >= 4 is 28.6 Å². The molecule has 1 unspecified atom stereocenters. The first-order valence-electron chi connectivity index (χ1n) is 6.10. The normalized spacial score (nSPS) is 17.5. The number of para-hydroxylation sites is 1. The Morgan fingerprint density at radius 2 is 2.17 bits per heavy atom. The first-order valence-corrected chi connectivity index (χ1v) is 7.30. The van der Waals surface area contributed by atoms with Crippen molar-refractivity contribution in [1.82, 2.24) is 5.32 Å². The lowest BCUT2D eigenvalue weighted by molar-refractivity contribution is 0.617. The van der Waals surface area contributed by atoms with Crippen LogP contribution in [-0.4, -0.2) is 13.1 Å². The Morgan fingerprint density at radius 1 is 1.28 bits per heavy atom. The fourth-order valence-electron chi connectivity index (χ4n) is 2.36. The maximum Gasteiger partial charge on any atom is 0.0931 e. The van der Waals surface area contributed by atoms with E-state index in [1.807, 2.05) is 6.07 Å². The number of halogens is 1. The molecule has 2 heterocycles. The Morgan fingerprint density at radius 3 is 3.00 bits per heavy atom. The zero-order valence-corrected chi connectivity index (χ0v) is 11.5. The van der Waals surface area contributed by atoms with Crippen molar-refractivity contribution < 1.29 is 0 Å². The Kier molecular flexibility index (Phi) is 3.55. The average molecular weight is 279 g/mol. The second-order valence-corrected chi connectivity index (χ2v) is 6.30. The first-order chi connectivity index (χ1) is 8.83. The SMILES string of the molecule is Clc1ccc(CNCC2CNc3ccccc32)s1. The molecule has 0 bridgehead atoms. The van der Waals surface area contributed by atoms with Gasteiger partial charge in [0.15, 0.2) is 0 Å². The van der Waals surface area contributed by atoms with Gasteiger partial charge in [0.2, 0.25) is 0 Å². The highest BCUT2D eigenvalue weighted by atomic mass is 35.5. The molecular formula is C14H15ClN2S. The van der Waals surface area contributed by atoms with Crippen molar-refractivity contribution in [2.24, 2.45) is 0 Å². The lowest BCUT2D eigenvalue weighted by atomic mass is 10.0. The molecule has 0 radical (unpaired) electrons. The summed E-state index contributed by atoms with van der Waals surface area (Å²) in [6.45, 7) is 2.92. The highest BCUT2D eigenvalue weighted by Crippen LogP contribution is 2.30. The summed E-state index contributed by atoms with van der Waals surface area (Å²) in [5.74, 6) is 0.566. The zero-order valence-electron chi connectivity index (χ0n) is 9.95. The Labute approximate surface area is 116 Å². The number of benzene rings is 1. The number of rotatable bonds is 4. The molecule has 0 amide bonds. The van der Waals surface area contributed by atoms with E-state index in [0.29, 0.717) is 5.92 Å². The lowest BCUT2D eigenvalue weighted by Gasteiger charge is -2.10. The van der Waals surface area contributed by atoms with Crippen LogP contribution >= 0.6 is 22.9 Å². The maximum absolute atomic E-state index is 5.91. The molecule has 1 aliphatic rings. The van der Waals surface area contributed by atoms with Crippen molar-refractivity contribution in [1.29, 1.82) is 0 Å². The molecule has 0 fully saturated rings. The number of nitrogens with one attached hydrogen (secondary N) is 2. The molecule has 4 heteroatoms. The van der Waals surface area contributed by atoms with Gasteiger partial charge in [0.25, 0.3) is 0 Å². The van der Waals surface area contributed by atoms with Gasteiger partial charge in [-0.15, -0.1) is 11.3 Å². The maximum atomic E-state index is 5.91. The molecule has 2 N–H and O–H groups in total. The standard InChI is InChI=1S/C14H15ClN2S/c15-14-6-5-11(18-14)9-16-7-10-8-17-13-4-2-1-3-12(10)13/h1-6,10,16-17H,7-9H2. The molecule has 1 atom stereocenters. The van der Waals surface area contributed by atoms with E-state index in [1.54, 1.807) is 11.3 Å². The minimum absolute atomic E-state index is 0.566. The largest absolute Gasteiger partial charge is 0.384 e. The number of hydrogen-bond donors (Lipinski definition) is 2. The highest BCUT2D eigenvalue weighted by molar-refractivity contribution is 7.16. The summed E-state index contributed by atoms with van der Waals surface area (Å²) in [6, 6.07) is 12.6. The Bertz CT molecular complexity index is 538. The number of hydrogen-bond acceptors (Lipinski definition) is 3. The molecule has 1 aromatic heterocycles. The van der Waals surface area contributed by atoms with E-state index in [4.69, 9.17) is 11.6 Å². The molecule has 0 saturated carbocycles. The third-order valence-electron chi connectivity index (χ3n) is 3.26. The fraction of sp³-hybridized carbons (Fsp3) is 0.286. The molecule has 0 aliphatic carbocycles. The smallest absolute Gasteiger partial charge is 0.0931 e. The van der Waals surface area contributed by atoms with E-state index >= 15 is 0 Å². The quantitative estimate of drug-likeness (QED) is 0.891. The predicted molar refractivity (Wildman–Crippen MR) is 78.7 cm³/mol. The van der Waals surface area contributed by atoms with Crippen LogP contribution in [0.4, 0.5) is 5.69 Å². The minimum Gasteiger partial charge on any atom is -0.384 e. The van der Waals surface area contributed by atoms with Gasteiger partial charge in [-0.2, -0.15) is 0 Å². The molecule has 94 valence electrons. The minimum atomic E-state index is 0.566. The molecule has 3 rings (SSSR count). The molecule has 0 saturated heterocycles.